The predicted octanol–water partition coefficient (Wildman–Crippen LogP) is 0.801. The van der Waals surface area contributed by atoms with Gasteiger partial charge in [-0.05, 0) is 13.8 Å². The summed E-state index contributed by atoms with van der Waals surface area (Å²) in [6.45, 7) is 0.680. The van der Waals surface area contributed by atoms with Crippen LogP contribution in [0.3, 0.4) is 0 Å². The van der Waals surface area contributed by atoms with E-state index in [1.165, 1.54) is 0 Å². The number of carboxylic acid groups (broad SMARTS) is 1. The van der Waals surface area contributed by atoms with E-state index >= 15 is 0 Å². The number of hydrogen-bond donors (Lipinski definition) is 1. The maximum absolute atomic E-state index is 11.6. The average Bonchev–Trinajstić information content (AvgIpc) is 2.00. The van der Waals surface area contributed by atoms with Crippen LogP contribution in [0.25, 0.3) is 0 Å². The quantitative estimate of drug-likeness (QED) is 0.794. The molecule has 0 spiro atoms. The maximum Gasteiger partial charge on any atom is 0.522 e. The summed E-state index contributed by atoms with van der Waals surface area (Å²) in [5, 5.41) is 8.59. The van der Waals surface area contributed by atoms with Gasteiger partial charge in [-0.1, -0.05) is 0 Å². The first-order chi connectivity index (χ1) is 6.90. The SMILES string of the molecule is CC(C)(C(=O)O)S(=O)(=O)CCOC(F)(F)F. The topological polar surface area (TPSA) is 80.7 Å². The monoisotopic (exact) mass is 264 g/mol. The molecule has 1 N–H and O–H groups in total. The van der Waals surface area contributed by atoms with Gasteiger partial charge in [0.2, 0.25) is 0 Å². The summed E-state index contributed by atoms with van der Waals surface area (Å²) < 4.78 is 58.5. The number of hydrogen-bond acceptors (Lipinski definition) is 4. The molecule has 0 aromatic heterocycles. The van der Waals surface area contributed by atoms with Crippen LogP contribution in [0.15, 0.2) is 0 Å². The van der Waals surface area contributed by atoms with Crippen LogP contribution < -0.4 is 0 Å². The molecule has 0 saturated heterocycles. The molecule has 0 aliphatic rings. The van der Waals surface area contributed by atoms with Crippen LogP contribution in [-0.4, -0.2) is 43.0 Å². The number of ether oxygens (including phenoxy) is 1. The van der Waals surface area contributed by atoms with Gasteiger partial charge < -0.3 is 5.11 Å². The van der Waals surface area contributed by atoms with Gasteiger partial charge in [-0.15, -0.1) is 13.2 Å². The molecule has 9 heteroatoms. The van der Waals surface area contributed by atoms with Crippen molar-refractivity contribution < 1.29 is 36.2 Å². The molecule has 0 fully saturated rings. The Hall–Kier alpha value is -0.830. The van der Waals surface area contributed by atoms with Crippen LogP contribution in [-0.2, 0) is 19.4 Å². The third-order valence-electron chi connectivity index (χ3n) is 1.91. The highest BCUT2D eigenvalue weighted by atomic mass is 32.2. The average molecular weight is 264 g/mol. The van der Waals surface area contributed by atoms with Gasteiger partial charge in [0.25, 0.3) is 0 Å². The Morgan fingerprint density at radius 2 is 1.75 bits per heavy atom. The molecule has 0 bridgehead atoms. The minimum absolute atomic E-state index is 0.901. The van der Waals surface area contributed by atoms with Crippen molar-refractivity contribution >= 4 is 15.8 Å². The van der Waals surface area contributed by atoms with Crippen molar-refractivity contribution in [3.8, 4) is 0 Å². The highest BCUT2D eigenvalue weighted by molar-refractivity contribution is 7.93. The largest absolute Gasteiger partial charge is 0.522 e. The fourth-order valence-corrected chi connectivity index (χ4v) is 1.73. The Bertz CT molecular complexity index is 357. The van der Waals surface area contributed by atoms with Crippen molar-refractivity contribution in [2.45, 2.75) is 25.0 Å². The van der Waals surface area contributed by atoms with Gasteiger partial charge >= 0.3 is 12.3 Å². The number of carbonyl (C=O) groups is 1. The Labute approximate surface area is 90.1 Å². The third-order valence-corrected chi connectivity index (χ3v) is 4.34. The van der Waals surface area contributed by atoms with Crippen molar-refractivity contribution in [2.75, 3.05) is 12.4 Å². The van der Waals surface area contributed by atoms with Crippen LogP contribution in [0.1, 0.15) is 13.8 Å². The van der Waals surface area contributed by atoms with Gasteiger partial charge in [0, 0.05) is 0 Å². The van der Waals surface area contributed by atoms with Crippen LogP contribution >= 0.6 is 0 Å². The number of rotatable bonds is 5. The fraction of sp³-hybridized carbons (Fsp3) is 0.857. The van der Waals surface area contributed by atoms with E-state index in [-0.39, 0.29) is 0 Å². The Balaban J connectivity index is 4.56. The molecule has 0 heterocycles. The normalized spacial score (nSPS) is 13.8. The van der Waals surface area contributed by atoms with Gasteiger partial charge in [0.15, 0.2) is 14.6 Å². The summed E-state index contributed by atoms with van der Waals surface area (Å²) in [6, 6.07) is 0. The molecule has 0 unspecified atom stereocenters. The van der Waals surface area contributed by atoms with Gasteiger partial charge in [0.1, 0.15) is 0 Å². The Morgan fingerprint density at radius 3 is 2.06 bits per heavy atom. The second-order valence-electron chi connectivity index (χ2n) is 3.43. The second kappa shape index (κ2) is 4.58. The number of carboxylic acids is 1. The van der Waals surface area contributed by atoms with Gasteiger partial charge in [-0.2, -0.15) is 0 Å². The summed E-state index contributed by atoms with van der Waals surface area (Å²) in [6.07, 6.45) is -4.93. The molecule has 0 aromatic rings. The van der Waals surface area contributed by atoms with Crippen molar-refractivity contribution in [1.82, 2.24) is 0 Å². The summed E-state index contributed by atoms with van der Waals surface area (Å²) in [5.41, 5.74) is 0. The second-order valence-corrected chi connectivity index (χ2v) is 6.09. The molecule has 0 saturated carbocycles. The van der Waals surface area contributed by atoms with Crippen molar-refractivity contribution in [1.29, 1.82) is 0 Å². The number of aliphatic carboxylic acids is 1. The lowest BCUT2D eigenvalue weighted by Crippen LogP contribution is -2.43. The van der Waals surface area contributed by atoms with E-state index in [0.717, 1.165) is 13.8 Å². The summed E-state index contributed by atoms with van der Waals surface area (Å²) in [4.78, 5) is 10.6. The van der Waals surface area contributed by atoms with Gasteiger partial charge in [-0.25, -0.2) is 8.42 Å². The summed E-state index contributed by atoms with van der Waals surface area (Å²) >= 11 is 0. The lowest BCUT2D eigenvalue weighted by molar-refractivity contribution is -0.322. The molecule has 0 aromatic carbocycles. The van der Waals surface area contributed by atoms with E-state index in [4.69, 9.17) is 5.11 Å². The summed E-state index contributed by atoms with van der Waals surface area (Å²) in [5.74, 6) is -2.63. The number of alkyl halides is 3. The third kappa shape index (κ3) is 3.97. The van der Waals surface area contributed by atoms with E-state index in [2.05, 4.69) is 4.74 Å². The van der Waals surface area contributed by atoms with Crippen molar-refractivity contribution in [3.63, 3.8) is 0 Å². The van der Waals surface area contributed by atoms with Crippen LogP contribution in [0.2, 0.25) is 0 Å². The molecule has 0 radical (unpaired) electrons. The van der Waals surface area contributed by atoms with Crippen LogP contribution in [0, 0.1) is 0 Å². The molecule has 0 amide bonds. The molecular formula is C7H11F3O5S. The standard InChI is InChI=1S/C7H11F3O5S/c1-6(2,5(11)12)16(13,14)4-3-15-7(8,9)10/h3-4H2,1-2H3,(H,11,12). The Kier molecular flexibility index (Phi) is 4.34. The molecule has 0 aliphatic heterocycles. The molecule has 96 valence electrons. The van der Waals surface area contributed by atoms with E-state index in [1.54, 1.807) is 0 Å². The highest BCUT2D eigenvalue weighted by Gasteiger charge is 2.42. The van der Waals surface area contributed by atoms with E-state index in [1.807, 2.05) is 0 Å². The van der Waals surface area contributed by atoms with E-state index in [0.29, 0.717) is 0 Å². The zero-order valence-corrected chi connectivity index (χ0v) is 9.35. The first-order valence-corrected chi connectivity index (χ1v) is 5.72. The summed E-state index contributed by atoms with van der Waals surface area (Å²) in [7, 11) is -4.21. The minimum Gasteiger partial charge on any atom is -0.480 e. The predicted molar refractivity (Wildman–Crippen MR) is 47.5 cm³/mol. The molecule has 0 rings (SSSR count). The zero-order chi connectivity index (χ0) is 13.2. The first-order valence-electron chi connectivity index (χ1n) is 4.06. The van der Waals surface area contributed by atoms with Crippen molar-refractivity contribution in [2.24, 2.45) is 0 Å². The lowest BCUT2D eigenvalue weighted by Gasteiger charge is -2.19. The molecule has 0 aliphatic carbocycles. The van der Waals surface area contributed by atoms with Gasteiger partial charge in [-0.3, -0.25) is 9.53 Å². The first kappa shape index (κ1) is 15.2. The zero-order valence-electron chi connectivity index (χ0n) is 8.54. The van der Waals surface area contributed by atoms with E-state index < -0.39 is 39.3 Å². The molecular weight excluding hydrogens is 253 g/mol. The number of halogens is 3. The molecule has 0 atom stereocenters. The molecule has 5 nitrogen and oxygen atoms in total. The van der Waals surface area contributed by atoms with Gasteiger partial charge in [0.05, 0.1) is 12.4 Å². The number of sulfone groups is 1. The van der Waals surface area contributed by atoms with Crippen LogP contribution in [0.5, 0.6) is 0 Å². The highest BCUT2D eigenvalue weighted by Crippen LogP contribution is 2.20. The smallest absolute Gasteiger partial charge is 0.480 e. The maximum atomic E-state index is 11.6. The minimum atomic E-state index is -4.93. The van der Waals surface area contributed by atoms with Crippen LogP contribution in [0.4, 0.5) is 13.2 Å². The lowest BCUT2D eigenvalue weighted by atomic mass is 10.2. The Morgan fingerprint density at radius 1 is 1.31 bits per heavy atom. The van der Waals surface area contributed by atoms with Crippen molar-refractivity contribution in [3.05, 3.63) is 0 Å². The molecule has 16 heavy (non-hydrogen) atoms. The fourth-order valence-electron chi connectivity index (χ4n) is 0.655. The van der Waals surface area contributed by atoms with E-state index in [9.17, 15) is 26.4 Å².